The molecule has 0 radical (unpaired) electrons. The molecule has 2 N–H and O–H groups in total. The molecule has 1 aliphatic rings. The van der Waals surface area contributed by atoms with E-state index in [0.29, 0.717) is 5.92 Å². The van der Waals surface area contributed by atoms with Crippen molar-refractivity contribution in [1.82, 2.24) is 0 Å². The van der Waals surface area contributed by atoms with E-state index in [1.54, 1.807) is 0 Å². The van der Waals surface area contributed by atoms with Crippen molar-refractivity contribution in [1.29, 1.82) is 0 Å². The topological polar surface area (TPSA) is 35.2 Å². The maximum atomic E-state index is 5.99. The van der Waals surface area contributed by atoms with Crippen LogP contribution in [0.2, 0.25) is 0 Å². The quantitative estimate of drug-likeness (QED) is 0.739. The SMILES string of the molecule is C[C@@H](N)C1CC(C)(C)OC(C)(C)C1.Cl. The van der Waals surface area contributed by atoms with Gasteiger partial charge in [0, 0.05) is 6.04 Å². The van der Waals surface area contributed by atoms with Gasteiger partial charge in [-0.15, -0.1) is 12.4 Å². The Morgan fingerprint density at radius 3 is 1.79 bits per heavy atom. The van der Waals surface area contributed by atoms with Gasteiger partial charge < -0.3 is 10.5 Å². The molecule has 2 nitrogen and oxygen atoms in total. The first-order chi connectivity index (χ1) is 5.72. The predicted molar refractivity (Wildman–Crippen MR) is 62.9 cm³/mol. The zero-order chi connectivity index (χ0) is 10.3. The summed E-state index contributed by atoms with van der Waals surface area (Å²) in [6.45, 7) is 10.7. The Balaban J connectivity index is 0.00000169. The van der Waals surface area contributed by atoms with Crippen LogP contribution in [0.15, 0.2) is 0 Å². The third kappa shape index (κ3) is 3.76. The Kier molecular flexibility index (Phi) is 4.44. The fraction of sp³-hybridized carbons (Fsp3) is 1.00. The molecule has 1 fully saturated rings. The Labute approximate surface area is 94.0 Å². The highest BCUT2D eigenvalue weighted by Gasteiger charge is 2.40. The minimum absolute atomic E-state index is 0. The second-order valence-electron chi connectivity index (χ2n) is 5.65. The van der Waals surface area contributed by atoms with Crippen molar-refractivity contribution in [2.45, 2.75) is 64.7 Å². The monoisotopic (exact) mass is 221 g/mol. The van der Waals surface area contributed by atoms with Crippen molar-refractivity contribution in [2.24, 2.45) is 11.7 Å². The molecule has 1 atom stereocenters. The molecule has 0 aliphatic carbocycles. The molecule has 0 aromatic carbocycles. The van der Waals surface area contributed by atoms with Crippen LogP contribution in [0.4, 0.5) is 0 Å². The maximum absolute atomic E-state index is 5.99. The van der Waals surface area contributed by atoms with E-state index >= 15 is 0 Å². The normalized spacial score (nSPS) is 27.9. The number of hydrogen-bond acceptors (Lipinski definition) is 2. The molecule has 1 aliphatic heterocycles. The lowest BCUT2D eigenvalue weighted by Crippen LogP contribution is -2.49. The third-order valence-electron chi connectivity index (χ3n) is 2.80. The first-order valence-corrected chi connectivity index (χ1v) is 5.18. The number of nitrogens with two attached hydrogens (primary N) is 1. The van der Waals surface area contributed by atoms with Crippen molar-refractivity contribution in [3.63, 3.8) is 0 Å². The van der Waals surface area contributed by atoms with E-state index < -0.39 is 0 Å². The van der Waals surface area contributed by atoms with Gasteiger partial charge in [-0.25, -0.2) is 0 Å². The second kappa shape index (κ2) is 4.38. The highest BCUT2D eigenvalue weighted by Crippen LogP contribution is 2.39. The molecule has 1 rings (SSSR count). The van der Waals surface area contributed by atoms with Crippen LogP contribution in [0.1, 0.15) is 47.5 Å². The van der Waals surface area contributed by atoms with Gasteiger partial charge in [0.1, 0.15) is 0 Å². The smallest absolute Gasteiger partial charge is 0.0637 e. The zero-order valence-electron chi connectivity index (χ0n) is 9.96. The van der Waals surface area contributed by atoms with Crippen molar-refractivity contribution >= 4 is 12.4 Å². The highest BCUT2D eigenvalue weighted by molar-refractivity contribution is 5.85. The minimum atomic E-state index is -0.0138. The first-order valence-electron chi connectivity index (χ1n) is 5.18. The molecule has 0 amide bonds. The van der Waals surface area contributed by atoms with Crippen LogP contribution in [0, 0.1) is 5.92 Å². The fourth-order valence-electron chi connectivity index (χ4n) is 2.54. The number of hydrogen-bond donors (Lipinski definition) is 1. The maximum Gasteiger partial charge on any atom is 0.0637 e. The Morgan fingerprint density at radius 1 is 1.14 bits per heavy atom. The standard InChI is InChI=1S/C11H23NO.ClH/c1-8(12)9-6-10(2,3)13-11(4,5)7-9;/h8-9H,6-7,12H2,1-5H3;1H/t8-;/m1./s1. The molecule has 1 saturated heterocycles. The molecule has 0 unspecified atom stereocenters. The number of rotatable bonds is 1. The van der Waals surface area contributed by atoms with Gasteiger partial charge in [-0.2, -0.15) is 0 Å². The first kappa shape index (κ1) is 14.2. The van der Waals surface area contributed by atoms with E-state index in [0.717, 1.165) is 12.8 Å². The molecule has 86 valence electrons. The third-order valence-corrected chi connectivity index (χ3v) is 2.80. The summed E-state index contributed by atoms with van der Waals surface area (Å²) in [5.41, 5.74) is 5.93. The molecular weight excluding hydrogens is 198 g/mol. The molecule has 0 aromatic rings. The molecular formula is C11H24ClNO. The summed E-state index contributed by atoms with van der Waals surface area (Å²) in [5, 5.41) is 0. The molecule has 14 heavy (non-hydrogen) atoms. The number of halogens is 1. The van der Waals surface area contributed by atoms with Crippen LogP contribution in [0.5, 0.6) is 0 Å². The van der Waals surface area contributed by atoms with E-state index in [1.165, 1.54) is 0 Å². The van der Waals surface area contributed by atoms with Crippen molar-refractivity contribution in [3.8, 4) is 0 Å². The summed E-state index contributed by atoms with van der Waals surface area (Å²) in [6, 6.07) is 0.280. The summed E-state index contributed by atoms with van der Waals surface area (Å²) in [5.74, 6) is 0.596. The molecule has 0 saturated carbocycles. The largest absolute Gasteiger partial charge is 0.370 e. The lowest BCUT2D eigenvalue weighted by Gasteiger charge is -2.46. The van der Waals surface area contributed by atoms with E-state index in [1.807, 2.05) is 0 Å². The summed E-state index contributed by atoms with van der Waals surface area (Å²) < 4.78 is 5.99. The molecule has 0 spiro atoms. The Hall–Kier alpha value is 0.210. The average molecular weight is 222 g/mol. The van der Waals surface area contributed by atoms with Gasteiger partial charge in [-0.05, 0) is 53.4 Å². The van der Waals surface area contributed by atoms with Crippen LogP contribution in [-0.2, 0) is 4.74 Å². The van der Waals surface area contributed by atoms with Crippen LogP contribution >= 0.6 is 12.4 Å². The zero-order valence-corrected chi connectivity index (χ0v) is 10.8. The lowest BCUT2D eigenvalue weighted by atomic mass is 9.78. The molecule has 0 bridgehead atoms. The molecule has 3 heteroatoms. The summed E-state index contributed by atoms with van der Waals surface area (Å²) >= 11 is 0. The van der Waals surface area contributed by atoms with Gasteiger partial charge in [-0.1, -0.05) is 0 Å². The highest BCUT2D eigenvalue weighted by atomic mass is 35.5. The van der Waals surface area contributed by atoms with Crippen molar-refractivity contribution in [3.05, 3.63) is 0 Å². The summed E-state index contributed by atoms with van der Waals surface area (Å²) in [4.78, 5) is 0. The van der Waals surface area contributed by atoms with Gasteiger partial charge in [0.05, 0.1) is 11.2 Å². The van der Waals surface area contributed by atoms with Gasteiger partial charge in [0.15, 0.2) is 0 Å². The van der Waals surface area contributed by atoms with Gasteiger partial charge in [0.25, 0.3) is 0 Å². The van der Waals surface area contributed by atoms with E-state index in [-0.39, 0.29) is 29.7 Å². The van der Waals surface area contributed by atoms with Crippen molar-refractivity contribution in [2.75, 3.05) is 0 Å². The van der Waals surface area contributed by atoms with E-state index in [2.05, 4.69) is 34.6 Å². The van der Waals surface area contributed by atoms with Crippen LogP contribution in [0.3, 0.4) is 0 Å². The van der Waals surface area contributed by atoms with Gasteiger partial charge in [-0.3, -0.25) is 0 Å². The van der Waals surface area contributed by atoms with Crippen LogP contribution in [-0.4, -0.2) is 17.2 Å². The van der Waals surface area contributed by atoms with Gasteiger partial charge in [0.2, 0.25) is 0 Å². The molecule has 0 aromatic heterocycles. The van der Waals surface area contributed by atoms with E-state index in [9.17, 15) is 0 Å². The average Bonchev–Trinajstić information content (AvgIpc) is 1.79. The minimum Gasteiger partial charge on any atom is -0.370 e. The Bertz CT molecular complexity index is 174. The number of ether oxygens (including phenoxy) is 1. The lowest BCUT2D eigenvalue weighted by molar-refractivity contribution is -0.174. The second-order valence-corrected chi connectivity index (χ2v) is 5.65. The van der Waals surface area contributed by atoms with Crippen LogP contribution in [0.25, 0.3) is 0 Å². The fourth-order valence-corrected chi connectivity index (χ4v) is 2.54. The van der Waals surface area contributed by atoms with Crippen molar-refractivity contribution < 1.29 is 4.74 Å². The van der Waals surface area contributed by atoms with E-state index in [4.69, 9.17) is 10.5 Å². The molecule has 1 heterocycles. The summed E-state index contributed by atoms with van der Waals surface area (Å²) in [7, 11) is 0. The van der Waals surface area contributed by atoms with Gasteiger partial charge >= 0.3 is 0 Å². The van der Waals surface area contributed by atoms with Crippen LogP contribution < -0.4 is 5.73 Å². The summed E-state index contributed by atoms with van der Waals surface area (Å²) in [6.07, 6.45) is 2.15. The Morgan fingerprint density at radius 2 is 1.50 bits per heavy atom. The predicted octanol–water partition coefficient (Wildman–Crippen LogP) is 2.74.